The molecule has 3 aromatic rings. The van der Waals surface area contributed by atoms with Crippen LogP contribution in [0.2, 0.25) is 0 Å². The van der Waals surface area contributed by atoms with E-state index in [1.807, 2.05) is 29.2 Å². The summed E-state index contributed by atoms with van der Waals surface area (Å²) < 4.78 is 0. The fourth-order valence-corrected chi connectivity index (χ4v) is 8.73. The molecule has 0 spiro atoms. The highest BCUT2D eigenvalue weighted by Gasteiger charge is 2.44. The average molecular weight is 811 g/mol. The zero-order valence-corrected chi connectivity index (χ0v) is 34.2. The van der Waals surface area contributed by atoms with Gasteiger partial charge in [0.05, 0.1) is 11.1 Å². The quantitative estimate of drug-likeness (QED) is 0.0908. The minimum Gasteiger partial charge on any atom is -0.353 e. The number of likely N-dealkylation sites (tertiary alicyclic amines) is 2. The summed E-state index contributed by atoms with van der Waals surface area (Å²) in [6.45, 7) is 5.36. The Morgan fingerprint density at radius 1 is 0.850 bits per heavy atom. The van der Waals surface area contributed by atoms with Crippen LogP contribution in [0, 0.1) is 17.8 Å². The molecule has 5 heterocycles. The summed E-state index contributed by atoms with van der Waals surface area (Å²) in [7, 11) is 0. The molecule has 1 aromatic heterocycles. The molecule has 60 heavy (non-hydrogen) atoms. The summed E-state index contributed by atoms with van der Waals surface area (Å²) in [6, 6.07) is 16.0. The first-order valence-corrected chi connectivity index (χ1v) is 21.6. The van der Waals surface area contributed by atoms with Crippen LogP contribution < -0.4 is 10.6 Å². The number of piperidine rings is 3. The van der Waals surface area contributed by atoms with Gasteiger partial charge in [-0.1, -0.05) is 42.9 Å². The summed E-state index contributed by atoms with van der Waals surface area (Å²) in [5.41, 5.74) is 4.12. The number of hydrogen-bond donors (Lipinski definition) is 2. The predicted molar refractivity (Wildman–Crippen MR) is 227 cm³/mol. The highest BCUT2D eigenvalue weighted by molar-refractivity contribution is 6.23. The number of pyridine rings is 1. The Balaban J connectivity index is 0.751. The van der Waals surface area contributed by atoms with Crippen molar-refractivity contribution < 1.29 is 28.8 Å². The Morgan fingerprint density at radius 2 is 1.63 bits per heavy atom. The molecule has 3 saturated heterocycles. The van der Waals surface area contributed by atoms with E-state index < -0.39 is 29.7 Å². The van der Waals surface area contributed by atoms with Crippen LogP contribution in [0.15, 0.2) is 73.1 Å². The number of amides is 6. The standard InChI is InChI=1S/C48H54N6O6/c55-43(19-12-36-10-7-25-49-33-36)50-26-5-4-8-34-21-30-53(31-22-34)46(58)39-15-13-37(14-16-39)38-23-28-52(29-24-38)27-6-2-1-3-9-35-11-17-40-41(32-35)48(60)54(47(40)59)42-18-20-44(56)51-45(42)57/h7,10-17,19,25,32-34,38,42H,1-2,4-6,8,18,20-24,26-31H2,(H,50,55)(H,51,56,57)/b19-12+. The first-order chi connectivity index (χ1) is 29.2. The van der Waals surface area contributed by atoms with Crippen molar-refractivity contribution in [3.63, 3.8) is 0 Å². The Kier molecular flexibility index (Phi) is 14.3. The second-order valence-corrected chi connectivity index (χ2v) is 16.3. The molecule has 2 aromatic carbocycles. The molecule has 6 amide bonds. The van der Waals surface area contributed by atoms with E-state index in [9.17, 15) is 28.8 Å². The van der Waals surface area contributed by atoms with Gasteiger partial charge in [0.15, 0.2) is 0 Å². The lowest BCUT2D eigenvalue weighted by atomic mass is 9.88. The van der Waals surface area contributed by atoms with Gasteiger partial charge in [-0.25, -0.2) is 0 Å². The Bertz CT molecular complexity index is 2140. The minimum absolute atomic E-state index is 0.0846. The summed E-state index contributed by atoms with van der Waals surface area (Å²) in [4.78, 5) is 84.9. The molecule has 0 radical (unpaired) electrons. The van der Waals surface area contributed by atoms with Crippen LogP contribution >= 0.6 is 0 Å². The van der Waals surface area contributed by atoms with Gasteiger partial charge in [0, 0.05) is 62.1 Å². The van der Waals surface area contributed by atoms with E-state index in [1.165, 1.54) is 5.56 Å². The number of rotatable bonds is 14. The Morgan fingerprint density at radius 3 is 2.38 bits per heavy atom. The summed E-state index contributed by atoms with van der Waals surface area (Å²) in [6.07, 6.45) is 17.0. The molecule has 1 unspecified atom stereocenters. The molecule has 0 saturated carbocycles. The van der Waals surface area contributed by atoms with Gasteiger partial charge in [-0.3, -0.25) is 44.0 Å². The molecule has 1 atom stereocenters. The van der Waals surface area contributed by atoms with E-state index in [1.54, 1.807) is 42.7 Å². The minimum atomic E-state index is -0.982. The predicted octanol–water partition coefficient (Wildman–Crippen LogP) is 5.74. The van der Waals surface area contributed by atoms with Gasteiger partial charge in [0.25, 0.3) is 17.7 Å². The van der Waals surface area contributed by atoms with E-state index in [-0.39, 0.29) is 35.8 Å². The number of aromatic nitrogens is 1. The third kappa shape index (κ3) is 10.8. The maximum atomic E-state index is 13.3. The van der Waals surface area contributed by atoms with Gasteiger partial charge < -0.3 is 15.1 Å². The third-order valence-corrected chi connectivity index (χ3v) is 12.3. The number of imide groups is 2. The van der Waals surface area contributed by atoms with E-state index in [0.717, 1.165) is 113 Å². The number of carbonyl (C=O) groups excluding carboxylic acids is 6. The lowest BCUT2D eigenvalue weighted by Crippen LogP contribution is -2.54. The van der Waals surface area contributed by atoms with E-state index in [4.69, 9.17) is 0 Å². The topological polar surface area (TPSA) is 149 Å². The fraction of sp³-hybridized carbons (Fsp3) is 0.438. The first-order valence-electron chi connectivity index (χ1n) is 21.6. The molecule has 7 rings (SSSR count). The maximum Gasteiger partial charge on any atom is 0.262 e. The molecule has 12 nitrogen and oxygen atoms in total. The van der Waals surface area contributed by atoms with Gasteiger partial charge in [0.1, 0.15) is 6.04 Å². The normalized spacial score (nSPS) is 19.0. The van der Waals surface area contributed by atoms with Gasteiger partial charge >= 0.3 is 0 Å². The van der Waals surface area contributed by atoms with E-state index in [0.29, 0.717) is 23.9 Å². The van der Waals surface area contributed by atoms with Crippen molar-refractivity contribution in [2.75, 3.05) is 39.3 Å². The van der Waals surface area contributed by atoms with Crippen molar-refractivity contribution in [1.82, 2.24) is 30.3 Å². The van der Waals surface area contributed by atoms with Crippen LogP contribution in [-0.2, 0) is 14.4 Å². The van der Waals surface area contributed by atoms with Gasteiger partial charge in [-0.05, 0) is 136 Å². The van der Waals surface area contributed by atoms with Crippen molar-refractivity contribution in [1.29, 1.82) is 0 Å². The van der Waals surface area contributed by atoms with Crippen molar-refractivity contribution in [2.24, 2.45) is 5.92 Å². The monoisotopic (exact) mass is 810 g/mol. The van der Waals surface area contributed by atoms with Crippen molar-refractivity contribution in [2.45, 2.75) is 89.0 Å². The zero-order valence-electron chi connectivity index (χ0n) is 34.2. The van der Waals surface area contributed by atoms with Gasteiger partial charge in [-0.2, -0.15) is 0 Å². The van der Waals surface area contributed by atoms with Crippen LogP contribution in [-0.4, -0.2) is 100 Å². The molecule has 312 valence electrons. The second-order valence-electron chi connectivity index (χ2n) is 16.3. The molecule has 0 bridgehead atoms. The van der Waals surface area contributed by atoms with Crippen LogP contribution in [0.25, 0.3) is 6.08 Å². The second kappa shape index (κ2) is 20.4. The van der Waals surface area contributed by atoms with Crippen LogP contribution in [0.4, 0.5) is 0 Å². The van der Waals surface area contributed by atoms with Crippen molar-refractivity contribution in [3.8, 4) is 11.8 Å². The largest absolute Gasteiger partial charge is 0.353 e. The summed E-state index contributed by atoms with van der Waals surface area (Å²) in [5.74, 6) is 5.42. The van der Waals surface area contributed by atoms with E-state index >= 15 is 0 Å². The number of hydrogen-bond acceptors (Lipinski definition) is 8. The molecule has 2 N–H and O–H groups in total. The lowest BCUT2D eigenvalue weighted by Gasteiger charge is -2.33. The molecule has 12 heteroatoms. The van der Waals surface area contributed by atoms with Crippen molar-refractivity contribution in [3.05, 3.63) is 106 Å². The number of unbranched alkanes of at least 4 members (excludes halogenated alkanes) is 3. The van der Waals surface area contributed by atoms with Gasteiger partial charge in [0.2, 0.25) is 17.7 Å². The maximum absolute atomic E-state index is 13.3. The molecule has 4 aliphatic heterocycles. The van der Waals surface area contributed by atoms with E-state index in [2.05, 4.69) is 44.5 Å². The Hall–Kier alpha value is -5.93. The highest BCUT2D eigenvalue weighted by atomic mass is 16.2. The number of nitrogens with zero attached hydrogens (tertiary/aromatic N) is 4. The van der Waals surface area contributed by atoms with Crippen LogP contribution in [0.5, 0.6) is 0 Å². The zero-order chi connectivity index (χ0) is 41.8. The molecule has 4 aliphatic rings. The number of fused-ring (bicyclic) bond motifs is 1. The molecular formula is C48H54N6O6. The van der Waals surface area contributed by atoms with Gasteiger partial charge in [-0.15, -0.1) is 0 Å². The van der Waals surface area contributed by atoms with Crippen molar-refractivity contribution >= 4 is 41.5 Å². The van der Waals surface area contributed by atoms with Crippen LogP contribution in [0.3, 0.4) is 0 Å². The SMILES string of the molecule is O=C(/C=C/c1cccnc1)NCCCCC1CCN(C(=O)c2ccc(C3CCN(CCCCC#Cc4ccc5c(c4)C(=O)N(C4CCC(=O)NC4=O)C5=O)CC3)cc2)CC1. The average Bonchev–Trinajstić information content (AvgIpc) is 3.52. The molecule has 3 fully saturated rings. The molecule has 0 aliphatic carbocycles. The first kappa shape index (κ1) is 42.2. The number of carbonyl (C=O) groups is 6. The smallest absolute Gasteiger partial charge is 0.262 e. The lowest BCUT2D eigenvalue weighted by molar-refractivity contribution is -0.136. The number of nitrogens with one attached hydrogen (secondary N) is 2. The summed E-state index contributed by atoms with van der Waals surface area (Å²) >= 11 is 0. The third-order valence-electron chi connectivity index (χ3n) is 12.3. The number of benzene rings is 2. The Labute approximate surface area is 352 Å². The fourth-order valence-electron chi connectivity index (χ4n) is 8.73. The van der Waals surface area contributed by atoms with Crippen LogP contribution in [0.1, 0.15) is 131 Å². The summed E-state index contributed by atoms with van der Waals surface area (Å²) in [5, 5.41) is 5.18. The molecular weight excluding hydrogens is 757 g/mol. The highest BCUT2D eigenvalue weighted by Crippen LogP contribution is 2.30.